The summed E-state index contributed by atoms with van der Waals surface area (Å²) in [7, 11) is 1.58. The molecule has 0 unspecified atom stereocenters. The number of hydrogen-bond donors (Lipinski definition) is 2. The van der Waals surface area contributed by atoms with Crippen LogP contribution in [0.2, 0.25) is 0 Å². The second kappa shape index (κ2) is 9.00. The zero-order chi connectivity index (χ0) is 20.9. The maximum atomic E-state index is 12.5. The van der Waals surface area contributed by atoms with Crippen molar-refractivity contribution in [3.63, 3.8) is 0 Å². The van der Waals surface area contributed by atoms with Crippen molar-refractivity contribution in [2.45, 2.75) is 12.8 Å². The Bertz CT molecular complexity index is 980. The van der Waals surface area contributed by atoms with Crippen molar-refractivity contribution >= 4 is 23.6 Å². The van der Waals surface area contributed by atoms with Crippen LogP contribution in [-0.2, 0) is 4.79 Å². The molecule has 2 aromatic rings. The average molecular weight is 407 g/mol. The van der Waals surface area contributed by atoms with E-state index in [0.717, 1.165) is 25.2 Å². The molecule has 0 atom stereocenters. The summed E-state index contributed by atoms with van der Waals surface area (Å²) in [4.78, 5) is 27.3. The van der Waals surface area contributed by atoms with Crippen LogP contribution in [0.4, 0.5) is 5.69 Å². The minimum atomic E-state index is -0.375. The Morgan fingerprint density at radius 1 is 1.23 bits per heavy atom. The van der Waals surface area contributed by atoms with Crippen LogP contribution in [0.15, 0.2) is 48.2 Å². The van der Waals surface area contributed by atoms with Crippen molar-refractivity contribution in [2.75, 3.05) is 38.6 Å². The zero-order valence-corrected chi connectivity index (χ0v) is 16.9. The first-order valence-electron chi connectivity index (χ1n) is 10.1. The summed E-state index contributed by atoms with van der Waals surface area (Å²) < 4.78 is 11.1. The number of para-hydroxylation sites is 1. The van der Waals surface area contributed by atoms with Gasteiger partial charge in [-0.05, 0) is 56.3 Å². The van der Waals surface area contributed by atoms with Gasteiger partial charge in [0.05, 0.1) is 12.8 Å². The van der Waals surface area contributed by atoms with Crippen LogP contribution in [0.25, 0.3) is 6.08 Å². The number of fused-ring (bicyclic) bond motifs is 1. The van der Waals surface area contributed by atoms with Gasteiger partial charge in [-0.1, -0.05) is 18.2 Å². The highest BCUT2D eigenvalue weighted by Gasteiger charge is 2.23. The first-order valence-corrected chi connectivity index (χ1v) is 10.1. The Labute approximate surface area is 175 Å². The Kier molecular flexibility index (Phi) is 5.99. The summed E-state index contributed by atoms with van der Waals surface area (Å²) in [6.45, 7) is 3.66. The van der Waals surface area contributed by atoms with Gasteiger partial charge < -0.3 is 25.0 Å². The second-order valence-electron chi connectivity index (χ2n) is 7.32. The van der Waals surface area contributed by atoms with E-state index < -0.39 is 0 Å². The van der Waals surface area contributed by atoms with Crippen LogP contribution < -0.4 is 20.1 Å². The van der Waals surface area contributed by atoms with Gasteiger partial charge in [0, 0.05) is 24.2 Å². The fourth-order valence-electron chi connectivity index (χ4n) is 3.66. The van der Waals surface area contributed by atoms with Gasteiger partial charge in [0.25, 0.3) is 11.8 Å². The molecule has 0 aromatic heterocycles. The van der Waals surface area contributed by atoms with E-state index >= 15 is 0 Å². The van der Waals surface area contributed by atoms with Crippen LogP contribution in [0.5, 0.6) is 11.5 Å². The van der Waals surface area contributed by atoms with Gasteiger partial charge in [-0.3, -0.25) is 9.59 Å². The van der Waals surface area contributed by atoms with E-state index in [1.54, 1.807) is 31.4 Å². The molecule has 2 amide bonds. The number of carbonyl (C=O) groups excluding carboxylic acids is 2. The van der Waals surface area contributed by atoms with Crippen LogP contribution in [-0.4, -0.2) is 50.0 Å². The maximum Gasteiger partial charge on any atom is 0.291 e. The molecule has 4 rings (SSSR count). The number of likely N-dealkylation sites (tertiary alicyclic amines) is 1. The summed E-state index contributed by atoms with van der Waals surface area (Å²) in [6.07, 6.45) is 4.09. The Morgan fingerprint density at radius 2 is 2.03 bits per heavy atom. The largest absolute Gasteiger partial charge is 0.496 e. The van der Waals surface area contributed by atoms with Crippen molar-refractivity contribution in [3.8, 4) is 11.5 Å². The van der Waals surface area contributed by atoms with Crippen LogP contribution in [0, 0.1) is 0 Å². The lowest BCUT2D eigenvalue weighted by atomic mass is 10.1. The Morgan fingerprint density at radius 3 is 2.83 bits per heavy atom. The molecule has 2 heterocycles. The molecule has 1 saturated heterocycles. The fraction of sp³-hybridized carbons (Fsp3) is 0.304. The van der Waals surface area contributed by atoms with Gasteiger partial charge >= 0.3 is 0 Å². The molecule has 7 heteroatoms. The van der Waals surface area contributed by atoms with Gasteiger partial charge in [-0.15, -0.1) is 0 Å². The third-order valence-electron chi connectivity index (χ3n) is 5.27. The lowest BCUT2D eigenvalue weighted by Crippen LogP contribution is -2.33. The highest BCUT2D eigenvalue weighted by Crippen LogP contribution is 2.33. The van der Waals surface area contributed by atoms with Crippen molar-refractivity contribution in [1.29, 1.82) is 0 Å². The first-order chi connectivity index (χ1) is 14.6. The molecule has 0 bridgehead atoms. The molecule has 2 N–H and O–H groups in total. The van der Waals surface area contributed by atoms with Crippen molar-refractivity contribution < 1.29 is 19.1 Å². The van der Waals surface area contributed by atoms with Crippen molar-refractivity contribution in [1.82, 2.24) is 10.2 Å². The van der Waals surface area contributed by atoms with Gasteiger partial charge in [0.1, 0.15) is 5.75 Å². The molecule has 156 valence electrons. The van der Waals surface area contributed by atoms with Gasteiger partial charge in [-0.25, -0.2) is 0 Å². The number of anilines is 1. The molecular weight excluding hydrogens is 382 g/mol. The number of nitrogens with zero attached hydrogens (tertiary/aromatic N) is 1. The summed E-state index contributed by atoms with van der Waals surface area (Å²) in [5.74, 6) is 0.758. The SMILES string of the molecule is COc1ccccc1C=C1Oc2ccc(C(=O)NCCN3CCCC3)cc2NC1=O. The van der Waals surface area contributed by atoms with Crippen LogP contribution >= 0.6 is 0 Å². The highest BCUT2D eigenvalue weighted by molar-refractivity contribution is 6.09. The zero-order valence-electron chi connectivity index (χ0n) is 16.9. The molecule has 1 fully saturated rings. The number of methoxy groups -OCH3 is 1. The number of benzene rings is 2. The highest BCUT2D eigenvalue weighted by atomic mass is 16.5. The van der Waals surface area contributed by atoms with Gasteiger partial charge in [0.2, 0.25) is 0 Å². The minimum Gasteiger partial charge on any atom is -0.496 e. The van der Waals surface area contributed by atoms with E-state index in [2.05, 4.69) is 15.5 Å². The molecule has 2 aliphatic heterocycles. The standard InChI is InChI=1S/C23H25N3O4/c1-29-19-7-3-2-6-16(19)15-21-23(28)25-18-14-17(8-9-20(18)30-21)22(27)24-10-13-26-11-4-5-12-26/h2-3,6-9,14-15H,4-5,10-13H2,1H3,(H,24,27)(H,25,28). The minimum absolute atomic E-state index is 0.162. The Balaban J connectivity index is 1.44. The molecule has 0 spiro atoms. The van der Waals surface area contributed by atoms with E-state index in [9.17, 15) is 9.59 Å². The smallest absolute Gasteiger partial charge is 0.291 e. The van der Waals surface area contributed by atoms with E-state index in [1.165, 1.54) is 12.8 Å². The van der Waals surface area contributed by atoms with Gasteiger partial charge in [0.15, 0.2) is 11.5 Å². The lowest BCUT2D eigenvalue weighted by Gasteiger charge is -2.21. The number of rotatable bonds is 6. The molecule has 0 radical (unpaired) electrons. The number of carbonyl (C=O) groups is 2. The van der Waals surface area contributed by atoms with Gasteiger partial charge in [-0.2, -0.15) is 0 Å². The number of ether oxygens (including phenoxy) is 2. The summed E-state index contributed by atoms with van der Waals surface area (Å²) in [5, 5.41) is 5.74. The average Bonchev–Trinajstić information content (AvgIpc) is 3.28. The first kappa shape index (κ1) is 20.0. The van der Waals surface area contributed by atoms with Crippen LogP contribution in [0.3, 0.4) is 0 Å². The van der Waals surface area contributed by atoms with Crippen molar-refractivity contribution in [3.05, 3.63) is 59.4 Å². The predicted octanol–water partition coefficient (Wildman–Crippen LogP) is 2.89. The quantitative estimate of drug-likeness (QED) is 0.720. The Hall–Kier alpha value is -3.32. The molecular formula is C23H25N3O4. The summed E-state index contributed by atoms with van der Waals surface area (Å²) in [5.41, 5.74) is 1.70. The van der Waals surface area contributed by atoms with E-state index in [1.807, 2.05) is 24.3 Å². The molecule has 2 aromatic carbocycles. The number of nitrogens with one attached hydrogen (secondary N) is 2. The van der Waals surface area contributed by atoms with E-state index in [0.29, 0.717) is 29.3 Å². The van der Waals surface area contributed by atoms with E-state index in [4.69, 9.17) is 9.47 Å². The second-order valence-corrected chi connectivity index (χ2v) is 7.32. The summed E-state index contributed by atoms with van der Waals surface area (Å²) >= 11 is 0. The molecule has 2 aliphatic rings. The molecule has 7 nitrogen and oxygen atoms in total. The molecule has 0 aliphatic carbocycles. The van der Waals surface area contributed by atoms with E-state index in [-0.39, 0.29) is 17.6 Å². The third-order valence-corrected chi connectivity index (χ3v) is 5.27. The monoisotopic (exact) mass is 407 g/mol. The maximum absolute atomic E-state index is 12.5. The number of hydrogen-bond acceptors (Lipinski definition) is 5. The predicted molar refractivity (Wildman–Crippen MR) is 115 cm³/mol. The number of amides is 2. The molecule has 0 saturated carbocycles. The normalized spacial score (nSPS) is 17.2. The summed E-state index contributed by atoms with van der Waals surface area (Å²) in [6, 6.07) is 12.4. The lowest BCUT2D eigenvalue weighted by molar-refractivity contribution is -0.115. The van der Waals surface area contributed by atoms with Crippen molar-refractivity contribution in [2.24, 2.45) is 0 Å². The third kappa shape index (κ3) is 4.46. The fourth-order valence-corrected chi connectivity index (χ4v) is 3.66. The van der Waals surface area contributed by atoms with Crippen LogP contribution in [0.1, 0.15) is 28.8 Å². The molecule has 30 heavy (non-hydrogen) atoms. The topological polar surface area (TPSA) is 79.9 Å².